The van der Waals surface area contributed by atoms with Crippen molar-refractivity contribution in [3.63, 3.8) is 0 Å². The molecule has 2 aromatic rings. The first-order chi connectivity index (χ1) is 7.56. The number of nitrogens with two attached hydrogens (primary N) is 1. The molecule has 2 rings (SSSR count). The topological polar surface area (TPSA) is 68.8 Å². The number of rotatable bonds is 2. The number of aromatic nitrogens is 3. The van der Waals surface area contributed by atoms with Gasteiger partial charge in [0.05, 0.1) is 21.9 Å². The van der Waals surface area contributed by atoms with Gasteiger partial charge in [0, 0.05) is 13.2 Å². The smallest absolute Gasteiger partial charge is 0.151 e. The average Bonchev–Trinajstić information content (AvgIpc) is 2.60. The second-order valence-electron chi connectivity index (χ2n) is 3.21. The van der Waals surface area contributed by atoms with Crippen LogP contribution in [0.1, 0.15) is 0 Å². The van der Waals surface area contributed by atoms with Crippen LogP contribution < -0.4 is 11.1 Å². The van der Waals surface area contributed by atoms with Crippen LogP contribution in [0.5, 0.6) is 0 Å². The summed E-state index contributed by atoms with van der Waals surface area (Å²) < 4.78 is 1.66. The van der Waals surface area contributed by atoms with Gasteiger partial charge in [-0.25, -0.2) is 4.98 Å². The number of pyridine rings is 1. The Morgan fingerprint density at radius 3 is 2.75 bits per heavy atom. The summed E-state index contributed by atoms with van der Waals surface area (Å²) in [5.74, 6) is 0.689. The zero-order valence-electron chi connectivity index (χ0n) is 8.41. The highest BCUT2D eigenvalue weighted by Gasteiger charge is 2.07. The van der Waals surface area contributed by atoms with Crippen molar-refractivity contribution in [3.05, 3.63) is 28.5 Å². The molecule has 3 N–H and O–H groups in total. The third-order valence-electron chi connectivity index (χ3n) is 1.92. The van der Waals surface area contributed by atoms with Crippen LogP contribution in [0.4, 0.5) is 17.3 Å². The van der Waals surface area contributed by atoms with Crippen LogP contribution >= 0.6 is 23.2 Å². The van der Waals surface area contributed by atoms with Gasteiger partial charge >= 0.3 is 0 Å². The zero-order chi connectivity index (χ0) is 11.7. The van der Waals surface area contributed by atoms with Crippen molar-refractivity contribution in [1.82, 2.24) is 14.8 Å². The zero-order valence-corrected chi connectivity index (χ0v) is 9.92. The Balaban J connectivity index is 2.31. The minimum absolute atomic E-state index is 0.234. The lowest BCUT2D eigenvalue weighted by Gasteiger charge is -2.06. The first-order valence-corrected chi connectivity index (χ1v) is 5.19. The quantitative estimate of drug-likeness (QED) is 0.868. The van der Waals surface area contributed by atoms with Crippen molar-refractivity contribution in [2.45, 2.75) is 0 Å². The molecule has 0 saturated carbocycles. The molecule has 0 unspecified atom stereocenters. The monoisotopic (exact) mass is 257 g/mol. The molecule has 2 aromatic heterocycles. The van der Waals surface area contributed by atoms with E-state index in [1.807, 2.05) is 7.05 Å². The van der Waals surface area contributed by atoms with E-state index in [1.54, 1.807) is 23.1 Å². The van der Waals surface area contributed by atoms with Gasteiger partial charge in [-0.1, -0.05) is 23.2 Å². The molecule has 0 aliphatic carbocycles. The van der Waals surface area contributed by atoms with E-state index in [9.17, 15) is 0 Å². The maximum atomic E-state index is 5.97. The van der Waals surface area contributed by atoms with E-state index in [4.69, 9.17) is 28.9 Å². The maximum absolute atomic E-state index is 5.97. The summed E-state index contributed by atoms with van der Waals surface area (Å²) in [5, 5.41) is 7.75. The highest BCUT2D eigenvalue weighted by Crippen LogP contribution is 2.29. The second kappa shape index (κ2) is 4.19. The summed E-state index contributed by atoms with van der Waals surface area (Å²) in [5.41, 5.74) is 6.36. The Morgan fingerprint density at radius 1 is 1.38 bits per heavy atom. The van der Waals surface area contributed by atoms with Crippen molar-refractivity contribution >= 4 is 40.5 Å². The van der Waals surface area contributed by atoms with E-state index < -0.39 is 0 Å². The molecule has 0 fully saturated rings. The molecule has 0 aliphatic rings. The lowest BCUT2D eigenvalue weighted by atomic mass is 10.4. The van der Waals surface area contributed by atoms with Gasteiger partial charge in [-0.2, -0.15) is 5.10 Å². The van der Waals surface area contributed by atoms with Crippen molar-refractivity contribution in [2.75, 3.05) is 11.1 Å². The normalized spacial score (nSPS) is 10.4. The third kappa shape index (κ3) is 2.20. The summed E-state index contributed by atoms with van der Waals surface area (Å²) in [6.45, 7) is 0. The molecule has 0 radical (unpaired) electrons. The van der Waals surface area contributed by atoms with Gasteiger partial charge in [-0.15, -0.1) is 0 Å². The van der Waals surface area contributed by atoms with E-state index in [1.165, 1.54) is 0 Å². The summed E-state index contributed by atoms with van der Waals surface area (Å²) in [6, 6.07) is 1.55. The fourth-order valence-electron chi connectivity index (χ4n) is 1.19. The number of aryl methyl sites for hydroxylation is 1. The molecule has 84 valence electrons. The van der Waals surface area contributed by atoms with Crippen LogP contribution in [0.2, 0.25) is 10.0 Å². The molecular formula is C9H9Cl2N5. The van der Waals surface area contributed by atoms with Crippen LogP contribution in [0.25, 0.3) is 0 Å². The fourth-order valence-corrected chi connectivity index (χ4v) is 1.60. The van der Waals surface area contributed by atoms with E-state index in [-0.39, 0.29) is 5.82 Å². The summed E-state index contributed by atoms with van der Waals surface area (Å²) in [7, 11) is 1.82. The van der Waals surface area contributed by atoms with E-state index >= 15 is 0 Å². The van der Waals surface area contributed by atoms with Crippen LogP contribution in [-0.2, 0) is 7.05 Å². The number of nitrogen functional groups attached to an aromatic ring is 1. The van der Waals surface area contributed by atoms with Gasteiger partial charge in [0.1, 0.15) is 5.82 Å². The Morgan fingerprint density at radius 2 is 2.12 bits per heavy atom. The average molecular weight is 258 g/mol. The van der Waals surface area contributed by atoms with Crippen molar-refractivity contribution in [3.8, 4) is 0 Å². The number of hydrogen-bond acceptors (Lipinski definition) is 4. The number of hydrogen-bond donors (Lipinski definition) is 2. The third-order valence-corrected chi connectivity index (χ3v) is 2.52. The predicted octanol–water partition coefficient (Wildman–Crippen LogP) is 2.45. The Kier molecular flexibility index (Phi) is 2.89. The van der Waals surface area contributed by atoms with Crippen molar-refractivity contribution < 1.29 is 0 Å². The van der Waals surface area contributed by atoms with Gasteiger partial charge in [-0.05, 0) is 6.07 Å². The van der Waals surface area contributed by atoms with Gasteiger partial charge in [-0.3, -0.25) is 4.68 Å². The number of nitrogens with one attached hydrogen (secondary N) is 1. The highest BCUT2D eigenvalue weighted by atomic mass is 35.5. The van der Waals surface area contributed by atoms with Crippen LogP contribution in [0.15, 0.2) is 18.5 Å². The van der Waals surface area contributed by atoms with Gasteiger partial charge in [0.15, 0.2) is 5.82 Å². The van der Waals surface area contributed by atoms with Crippen molar-refractivity contribution in [1.29, 1.82) is 0 Å². The highest BCUT2D eigenvalue weighted by molar-refractivity contribution is 6.37. The molecule has 2 heterocycles. The molecule has 0 spiro atoms. The fraction of sp³-hybridized carbons (Fsp3) is 0.111. The van der Waals surface area contributed by atoms with Crippen LogP contribution in [-0.4, -0.2) is 14.8 Å². The van der Waals surface area contributed by atoms with Gasteiger partial charge < -0.3 is 11.1 Å². The summed E-state index contributed by atoms with van der Waals surface area (Å²) >= 11 is 11.7. The molecule has 0 bridgehead atoms. The molecule has 16 heavy (non-hydrogen) atoms. The number of nitrogens with zero attached hydrogens (tertiary/aromatic N) is 3. The van der Waals surface area contributed by atoms with E-state index in [2.05, 4.69) is 15.4 Å². The van der Waals surface area contributed by atoms with E-state index in [0.29, 0.717) is 15.9 Å². The van der Waals surface area contributed by atoms with Gasteiger partial charge in [0.25, 0.3) is 0 Å². The number of anilines is 3. The first kappa shape index (κ1) is 11.0. The minimum atomic E-state index is 0.234. The lowest BCUT2D eigenvalue weighted by molar-refractivity contribution is 0.768. The summed E-state index contributed by atoms with van der Waals surface area (Å²) in [6.07, 6.45) is 3.45. The molecule has 0 amide bonds. The molecule has 0 saturated heterocycles. The predicted molar refractivity (Wildman–Crippen MR) is 65.2 cm³/mol. The second-order valence-corrected chi connectivity index (χ2v) is 4.03. The molecule has 5 nitrogen and oxygen atoms in total. The largest absolute Gasteiger partial charge is 0.382 e. The molecule has 0 aliphatic heterocycles. The minimum Gasteiger partial charge on any atom is -0.382 e. The van der Waals surface area contributed by atoms with Gasteiger partial charge in [0.2, 0.25) is 0 Å². The van der Waals surface area contributed by atoms with Crippen LogP contribution in [0.3, 0.4) is 0 Å². The van der Waals surface area contributed by atoms with Crippen LogP contribution in [0, 0.1) is 0 Å². The first-order valence-electron chi connectivity index (χ1n) is 4.43. The molecule has 0 atom stereocenters. The van der Waals surface area contributed by atoms with E-state index in [0.717, 1.165) is 5.69 Å². The van der Waals surface area contributed by atoms with Crippen molar-refractivity contribution in [2.24, 2.45) is 7.05 Å². The molecule has 7 heteroatoms. The Bertz CT molecular complexity index is 523. The Labute approximate surface area is 102 Å². The lowest BCUT2D eigenvalue weighted by Crippen LogP contribution is -1.98. The standard InChI is InChI=1S/C9H9Cl2N5/c1-16-4-5(3-13-16)14-9-7(11)2-6(10)8(12)15-9/h2-4H,1H3,(H3,12,14,15). The number of halogens is 2. The Hall–Kier alpha value is -1.46. The maximum Gasteiger partial charge on any atom is 0.151 e. The summed E-state index contributed by atoms with van der Waals surface area (Å²) in [4.78, 5) is 4.04. The molecular weight excluding hydrogens is 249 g/mol. The SMILES string of the molecule is Cn1cc(Nc2nc(N)c(Cl)cc2Cl)cn1. The molecule has 0 aromatic carbocycles.